The average molecular weight is 512 g/mol. The number of likely N-dealkylation sites (tertiary alicyclic amines) is 1. The highest BCUT2D eigenvalue weighted by molar-refractivity contribution is 5.39. The molecule has 3 unspecified atom stereocenters. The molecule has 7 atom stereocenters. The van der Waals surface area contributed by atoms with Crippen LogP contribution in [0.3, 0.4) is 0 Å². The Hall–Kier alpha value is -1.15. The van der Waals surface area contributed by atoms with Crippen LogP contribution < -0.4 is 0 Å². The molecule has 1 heterocycles. The number of piperidine rings is 1. The number of allylic oxidation sites excluding steroid dienone is 3. The fourth-order valence-corrected chi connectivity index (χ4v) is 7.78. The van der Waals surface area contributed by atoms with Gasteiger partial charge in [-0.3, -0.25) is 0 Å². The maximum Gasteiger partial charge on any atom is 0.417 e. The van der Waals surface area contributed by atoms with E-state index in [2.05, 4.69) is 37.5 Å². The standard InChI is InChI=1S/C29H44F3NO3/c1-18(17-33-14-12-28(36,13-15-33)29(30,31)32)23-9-10-24-21(6-5-11-27(23,24)4)7-8-22-16-25(34)20(3)26(35)19(22)2/h7-8,18,20,23-26,34-36H,2,5-6,9-17H2,1,3-4H3/b21-7+,22-8-/t18-,20?,23-,24+,25?,26?,27-/m1/s1. The molecule has 204 valence electrons. The van der Waals surface area contributed by atoms with Crippen LogP contribution in [0.1, 0.15) is 72.1 Å². The molecule has 0 amide bonds. The third kappa shape index (κ3) is 5.10. The number of halogens is 3. The summed E-state index contributed by atoms with van der Waals surface area (Å²) in [6, 6.07) is 0. The van der Waals surface area contributed by atoms with Crippen molar-refractivity contribution in [1.29, 1.82) is 0 Å². The third-order valence-electron chi connectivity index (χ3n) is 10.3. The largest absolute Gasteiger partial charge is 0.417 e. The minimum atomic E-state index is -4.56. The first-order valence-corrected chi connectivity index (χ1v) is 13.7. The summed E-state index contributed by atoms with van der Waals surface area (Å²) in [5.74, 6) is 1.16. The van der Waals surface area contributed by atoms with E-state index in [9.17, 15) is 28.5 Å². The molecule has 4 nitrogen and oxygen atoms in total. The summed E-state index contributed by atoms with van der Waals surface area (Å²) in [5, 5.41) is 30.7. The molecular weight excluding hydrogens is 467 g/mol. The van der Waals surface area contributed by atoms with Crippen LogP contribution >= 0.6 is 0 Å². The first kappa shape index (κ1) is 27.9. The Kier molecular flexibility index (Phi) is 7.90. The molecule has 4 aliphatic rings. The zero-order valence-electron chi connectivity index (χ0n) is 22.0. The van der Waals surface area contributed by atoms with Crippen molar-refractivity contribution in [3.05, 3.63) is 35.5 Å². The highest BCUT2D eigenvalue weighted by atomic mass is 19.4. The van der Waals surface area contributed by atoms with Crippen LogP contribution in [0.5, 0.6) is 0 Å². The second-order valence-electron chi connectivity index (χ2n) is 12.4. The predicted octanol–water partition coefficient (Wildman–Crippen LogP) is 5.40. The number of alkyl halides is 3. The lowest BCUT2D eigenvalue weighted by Gasteiger charge is -2.46. The molecule has 3 saturated carbocycles. The maximum atomic E-state index is 13.2. The fraction of sp³-hybridized carbons (Fsp3) is 0.793. The molecule has 4 rings (SSSR count). The van der Waals surface area contributed by atoms with E-state index in [0.717, 1.165) is 44.2 Å². The first-order valence-electron chi connectivity index (χ1n) is 13.7. The molecule has 1 saturated heterocycles. The molecular formula is C29H44F3NO3. The molecule has 0 radical (unpaired) electrons. The number of rotatable bonds is 4. The number of nitrogens with zero attached hydrogens (tertiary/aromatic N) is 1. The van der Waals surface area contributed by atoms with E-state index in [-0.39, 0.29) is 37.3 Å². The SMILES string of the molecule is C=C1/C(=C\C=C2/CCC[C@]3(C)[C@@H]([C@H](C)CN4CCC(O)(C(F)(F)F)CC4)CC[C@@H]23)CC(O)C(C)C1O. The van der Waals surface area contributed by atoms with Crippen LogP contribution in [-0.4, -0.2) is 63.8 Å². The van der Waals surface area contributed by atoms with Gasteiger partial charge in [-0.1, -0.05) is 45.1 Å². The van der Waals surface area contributed by atoms with E-state index in [0.29, 0.717) is 29.7 Å². The Morgan fingerprint density at radius 3 is 2.44 bits per heavy atom. The summed E-state index contributed by atoms with van der Waals surface area (Å²) in [4.78, 5) is 2.11. The quantitative estimate of drug-likeness (QED) is 0.473. The van der Waals surface area contributed by atoms with Crippen molar-refractivity contribution in [1.82, 2.24) is 4.90 Å². The summed E-state index contributed by atoms with van der Waals surface area (Å²) in [6.07, 6.45) is 4.05. The van der Waals surface area contributed by atoms with Crippen molar-refractivity contribution < 1.29 is 28.5 Å². The molecule has 7 heteroatoms. The van der Waals surface area contributed by atoms with Gasteiger partial charge in [0.05, 0.1) is 12.2 Å². The van der Waals surface area contributed by atoms with Gasteiger partial charge < -0.3 is 20.2 Å². The topological polar surface area (TPSA) is 63.9 Å². The predicted molar refractivity (Wildman–Crippen MR) is 135 cm³/mol. The zero-order chi connectivity index (χ0) is 26.5. The summed E-state index contributed by atoms with van der Waals surface area (Å²) in [7, 11) is 0. The lowest BCUT2D eigenvalue weighted by Crippen LogP contribution is -2.54. The zero-order valence-corrected chi connectivity index (χ0v) is 22.0. The second-order valence-corrected chi connectivity index (χ2v) is 12.4. The number of hydrogen-bond donors (Lipinski definition) is 3. The number of aliphatic hydroxyl groups excluding tert-OH is 2. The number of hydrogen-bond acceptors (Lipinski definition) is 4. The Morgan fingerprint density at radius 2 is 1.81 bits per heavy atom. The van der Waals surface area contributed by atoms with E-state index in [1.54, 1.807) is 0 Å². The minimum Gasteiger partial charge on any atom is -0.392 e. The maximum absolute atomic E-state index is 13.2. The van der Waals surface area contributed by atoms with Crippen LogP contribution in [0.2, 0.25) is 0 Å². The van der Waals surface area contributed by atoms with Crippen LogP contribution in [-0.2, 0) is 0 Å². The first-order chi connectivity index (χ1) is 16.8. The van der Waals surface area contributed by atoms with Gasteiger partial charge in [0, 0.05) is 25.6 Å². The Labute approximate surface area is 214 Å². The van der Waals surface area contributed by atoms with Gasteiger partial charge in [0.2, 0.25) is 0 Å². The van der Waals surface area contributed by atoms with E-state index >= 15 is 0 Å². The van der Waals surface area contributed by atoms with Crippen molar-refractivity contribution in [3.63, 3.8) is 0 Å². The normalized spacial score (nSPS) is 41.0. The lowest BCUT2D eigenvalue weighted by molar-refractivity contribution is -0.272. The lowest BCUT2D eigenvalue weighted by atomic mass is 9.61. The van der Waals surface area contributed by atoms with Crippen molar-refractivity contribution in [2.45, 2.75) is 96.1 Å². The molecule has 3 aliphatic carbocycles. The van der Waals surface area contributed by atoms with Crippen molar-refractivity contribution >= 4 is 0 Å². The highest BCUT2D eigenvalue weighted by Crippen LogP contribution is 2.59. The Balaban J connectivity index is 1.42. The molecule has 36 heavy (non-hydrogen) atoms. The third-order valence-corrected chi connectivity index (χ3v) is 10.3. The molecule has 0 bridgehead atoms. The molecule has 0 aromatic rings. The van der Waals surface area contributed by atoms with Crippen molar-refractivity contribution in [3.8, 4) is 0 Å². The number of aliphatic hydroxyl groups is 3. The van der Waals surface area contributed by atoms with Gasteiger partial charge in [0.15, 0.2) is 5.60 Å². The number of fused-ring (bicyclic) bond motifs is 1. The summed E-state index contributed by atoms with van der Waals surface area (Å²) < 4.78 is 39.6. The summed E-state index contributed by atoms with van der Waals surface area (Å²) in [6.45, 7) is 11.9. The molecule has 0 aromatic carbocycles. The fourth-order valence-electron chi connectivity index (χ4n) is 7.78. The molecule has 4 fully saturated rings. The Morgan fingerprint density at radius 1 is 1.14 bits per heavy atom. The molecule has 0 aromatic heterocycles. The average Bonchev–Trinajstić information content (AvgIpc) is 3.17. The van der Waals surface area contributed by atoms with E-state index in [1.165, 1.54) is 5.57 Å². The highest BCUT2D eigenvalue weighted by Gasteiger charge is 2.55. The van der Waals surface area contributed by atoms with Crippen LogP contribution in [0.15, 0.2) is 35.5 Å². The molecule has 1 aliphatic heterocycles. The van der Waals surface area contributed by atoms with Gasteiger partial charge in [-0.25, -0.2) is 0 Å². The van der Waals surface area contributed by atoms with Crippen LogP contribution in [0.4, 0.5) is 13.2 Å². The molecule has 0 spiro atoms. The van der Waals surface area contributed by atoms with Gasteiger partial charge in [-0.05, 0) is 85.7 Å². The van der Waals surface area contributed by atoms with Gasteiger partial charge >= 0.3 is 6.18 Å². The smallest absolute Gasteiger partial charge is 0.392 e. The summed E-state index contributed by atoms with van der Waals surface area (Å²) >= 11 is 0. The molecule has 3 N–H and O–H groups in total. The second kappa shape index (κ2) is 10.2. The Bertz CT molecular complexity index is 889. The van der Waals surface area contributed by atoms with E-state index < -0.39 is 24.0 Å². The summed E-state index contributed by atoms with van der Waals surface area (Å²) in [5.41, 5.74) is 0.707. The minimum absolute atomic E-state index is 0.168. The van der Waals surface area contributed by atoms with Gasteiger partial charge in [0.25, 0.3) is 0 Å². The van der Waals surface area contributed by atoms with Crippen LogP contribution in [0, 0.1) is 29.1 Å². The van der Waals surface area contributed by atoms with Crippen molar-refractivity contribution in [2.75, 3.05) is 19.6 Å². The van der Waals surface area contributed by atoms with E-state index in [4.69, 9.17) is 0 Å². The van der Waals surface area contributed by atoms with Crippen molar-refractivity contribution in [2.24, 2.45) is 29.1 Å². The van der Waals surface area contributed by atoms with Gasteiger partial charge in [-0.15, -0.1) is 0 Å². The monoisotopic (exact) mass is 511 g/mol. The van der Waals surface area contributed by atoms with Gasteiger partial charge in [0.1, 0.15) is 0 Å². The van der Waals surface area contributed by atoms with E-state index in [1.807, 2.05) is 6.92 Å². The van der Waals surface area contributed by atoms with Crippen LogP contribution in [0.25, 0.3) is 0 Å². The van der Waals surface area contributed by atoms with Gasteiger partial charge in [-0.2, -0.15) is 13.2 Å².